The molecule has 5 heterocycles. The van der Waals surface area contributed by atoms with E-state index in [2.05, 4.69) is 13.8 Å². The molecule has 5 aliphatic heterocycles. The number of methoxy groups -OCH3 is 4. The molecular weight excluding hydrogens is 772 g/mol. The Labute approximate surface area is 348 Å². The smallest absolute Gasteiger partial charge is 0.309 e. The minimum atomic E-state index is -2.07. The molecule has 336 valence electrons. The van der Waals surface area contributed by atoms with E-state index < -0.39 is 127 Å². The lowest BCUT2D eigenvalue weighted by Crippen LogP contribution is -2.64. The standard InChI is InChI=1S/C43H68O16/c1-22(2)15-13-14-16-32-42(7,8)33-17-23(3)43(47,59-33)31(45)19-27-18-28(24(4)29(55-27)20-34(46)57-32)56-40-38(50-11)36(30(21-52-40)54-26(6)44)58-41-39(51-12)37(49-10)35(48-9)25(5)53-41/h13-16,22-25,27-30,32-33,35-41,47H,17-21H2,1-12H3/b15-13+,16-14+. The monoisotopic (exact) mass is 840 g/mol. The third-order valence-corrected chi connectivity index (χ3v) is 12.6. The fourth-order valence-corrected chi connectivity index (χ4v) is 8.96. The number of ketones is 1. The van der Waals surface area contributed by atoms with Crippen LogP contribution in [0, 0.1) is 23.2 Å². The molecule has 0 saturated carbocycles. The van der Waals surface area contributed by atoms with Gasteiger partial charge in [-0.15, -0.1) is 0 Å². The minimum Gasteiger partial charge on any atom is -0.457 e. The van der Waals surface area contributed by atoms with Crippen molar-refractivity contribution in [2.75, 3.05) is 35.0 Å². The molecule has 0 aromatic rings. The molecule has 5 aliphatic rings. The fraction of sp³-hybridized carbons (Fsp3) is 0.837. The lowest BCUT2D eigenvalue weighted by molar-refractivity contribution is -0.358. The molecule has 0 amide bonds. The van der Waals surface area contributed by atoms with Crippen molar-refractivity contribution in [1.29, 1.82) is 0 Å². The van der Waals surface area contributed by atoms with Gasteiger partial charge in [-0.3, -0.25) is 14.4 Å². The van der Waals surface area contributed by atoms with Gasteiger partial charge in [-0.25, -0.2) is 0 Å². The molecule has 16 nitrogen and oxygen atoms in total. The number of Topliss-reactive ketones (excluding diaryl/α,β-unsaturated/α-hetero) is 1. The highest BCUT2D eigenvalue weighted by molar-refractivity contribution is 5.86. The Hall–Kier alpha value is -2.35. The Kier molecular flexibility index (Phi) is 16.4. The molecule has 16 heteroatoms. The van der Waals surface area contributed by atoms with Crippen LogP contribution >= 0.6 is 0 Å². The van der Waals surface area contributed by atoms with E-state index in [4.69, 9.17) is 56.8 Å². The van der Waals surface area contributed by atoms with E-state index in [0.717, 1.165) is 0 Å². The number of cyclic esters (lactones) is 1. The molecule has 0 aromatic heterocycles. The molecule has 5 fully saturated rings. The van der Waals surface area contributed by atoms with Gasteiger partial charge < -0.3 is 61.9 Å². The fourth-order valence-electron chi connectivity index (χ4n) is 8.96. The van der Waals surface area contributed by atoms with Gasteiger partial charge in [-0.1, -0.05) is 59.8 Å². The van der Waals surface area contributed by atoms with Crippen molar-refractivity contribution < 1.29 is 76.3 Å². The average Bonchev–Trinajstić information content (AvgIpc) is 3.50. The first-order valence-corrected chi connectivity index (χ1v) is 20.9. The molecule has 59 heavy (non-hydrogen) atoms. The number of hydrogen-bond acceptors (Lipinski definition) is 16. The Morgan fingerprint density at radius 1 is 0.831 bits per heavy atom. The van der Waals surface area contributed by atoms with Gasteiger partial charge in [-0.05, 0) is 25.3 Å². The topological polar surface area (TPSA) is 182 Å². The number of hydrogen-bond donors (Lipinski definition) is 1. The van der Waals surface area contributed by atoms with Gasteiger partial charge in [0.2, 0.25) is 5.79 Å². The first-order valence-electron chi connectivity index (χ1n) is 20.9. The quantitative estimate of drug-likeness (QED) is 0.221. The molecule has 5 rings (SSSR count). The zero-order chi connectivity index (χ0) is 43.4. The molecule has 17 unspecified atom stereocenters. The number of aliphatic hydroxyl groups is 1. The maximum absolute atomic E-state index is 14.1. The first-order chi connectivity index (χ1) is 27.9. The first kappa shape index (κ1) is 47.7. The summed E-state index contributed by atoms with van der Waals surface area (Å²) in [5, 5.41) is 11.9. The van der Waals surface area contributed by atoms with Crippen molar-refractivity contribution >= 4 is 17.7 Å². The number of carbonyl (C=O) groups is 3. The normalized spacial score (nSPS) is 43.3. The second-order valence-electron chi connectivity index (χ2n) is 17.5. The number of ether oxygens (including phenoxy) is 12. The third kappa shape index (κ3) is 10.6. The number of rotatable bonds is 12. The van der Waals surface area contributed by atoms with Crippen LogP contribution in [0.2, 0.25) is 0 Å². The molecular formula is C43H68O16. The van der Waals surface area contributed by atoms with E-state index in [1.165, 1.54) is 21.1 Å². The molecule has 17 atom stereocenters. The van der Waals surface area contributed by atoms with Gasteiger partial charge >= 0.3 is 11.9 Å². The van der Waals surface area contributed by atoms with Crippen LogP contribution in [-0.2, 0) is 71.2 Å². The second-order valence-corrected chi connectivity index (χ2v) is 17.5. The van der Waals surface area contributed by atoms with Gasteiger partial charge in [-0.2, -0.15) is 0 Å². The van der Waals surface area contributed by atoms with Crippen LogP contribution in [0.15, 0.2) is 24.3 Å². The lowest BCUT2D eigenvalue weighted by Gasteiger charge is -2.48. The number of allylic oxidation sites excluding steroid dienone is 3. The molecule has 0 radical (unpaired) electrons. The van der Waals surface area contributed by atoms with Gasteiger partial charge in [0.05, 0.1) is 43.5 Å². The van der Waals surface area contributed by atoms with E-state index >= 15 is 0 Å². The van der Waals surface area contributed by atoms with Gasteiger partial charge in [0.15, 0.2) is 24.5 Å². The highest BCUT2D eigenvalue weighted by atomic mass is 16.8. The predicted octanol–water partition coefficient (Wildman–Crippen LogP) is 3.83. The zero-order valence-corrected chi connectivity index (χ0v) is 36.7. The van der Waals surface area contributed by atoms with Gasteiger partial charge in [0.1, 0.15) is 36.6 Å². The lowest BCUT2D eigenvalue weighted by atomic mass is 9.77. The maximum Gasteiger partial charge on any atom is 0.309 e. The van der Waals surface area contributed by atoms with E-state index in [1.54, 1.807) is 21.1 Å². The second kappa shape index (κ2) is 20.2. The van der Waals surface area contributed by atoms with Crippen molar-refractivity contribution in [3.63, 3.8) is 0 Å². The maximum atomic E-state index is 14.1. The van der Waals surface area contributed by atoms with Crippen molar-refractivity contribution in [2.45, 2.75) is 173 Å². The van der Waals surface area contributed by atoms with Crippen LogP contribution in [0.5, 0.6) is 0 Å². The highest BCUT2D eigenvalue weighted by Crippen LogP contribution is 2.46. The summed E-state index contributed by atoms with van der Waals surface area (Å²) in [4.78, 5) is 40.3. The van der Waals surface area contributed by atoms with Crippen molar-refractivity contribution in [3.8, 4) is 0 Å². The Balaban J connectivity index is 1.42. The van der Waals surface area contributed by atoms with E-state index in [-0.39, 0.29) is 25.9 Å². The zero-order valence-electron chi connectivity index (χ0n) is 36.7. The van der Waals surface area contributed by atoms with E-state index in [0.29, 0.717) is 12.3 Å². The van der Waals surface area contributed by atoms with Crippen LogP contribution in [-0.4, -0.2) is 149 Å². The number of esters is 2. The predicted molar refractivity (Wildman–Crippen MR) is 210 cm³/mol. The number of fused-ring (bicyclic) bond motifs is 4. The van der Waals surface area contributed by atoms with Gasteiger partial charge in [0, 0.05) is 65.5 Å². The molecule has 4 bridgehead atoms. The van der Waals surface area contributed by atoms with Crippen molar-refractivity contribution in [3.05, 3.63) is 24.3 Å². The number of carbonyl (C=O) groups excluding carboxylic acids is 3. The van der Waals surface area contributed by atoms with Crippen LogP contribution in [0.25, 0.3) is 0 Å². The molecule has 0 spiro atoms. The van der Waals surface area contributed by atoms with Crippen LogP contribution in [0.1, 0.15) is 81.1 Å². The SMILES string of the molecule is COC1C(C)OC(OC2C(OC(C)=O)COC(OC3CC4CC(=O)C5(O)OC(CC5C)C(C)(C)C(/C=C/C=C/C(C)C)OC(=O)CC(O4)C3C)C2OC)C(OC)C1OC. The minimum absolute atomic E-state index is 0.112. The van der Waals surface area contributed by atoms with Crippen molar-refractivity contribution in [2.24, 2.45) is 23.2 Å². The molecule has 0 aliphatic carbocycles. The van der Waals surface area contributed by atoms with E-state index in [9.17, 15) is 19.5 Å². The average molecular weight is 841 g/mol. The van der Waals surface area contributed by atoms with Crippen molar-refractivity contribution in [1.82, 2.24) is 0 Å². The summed E-state index contributed by atoms with van der Waals surface area (Å²) in [6, 6.07) is 0. The molecule has 0 aromatic carbocycles. The molecule has 5 saturated heterocycles. The summed E-state index contributed by atoms with van der Waals surface area (Å²) < 4.78 is 73.7. The summed E-state index contributed by atoms with van der Waals surface area (Å²) in [5.41, 5.74) is -0.811. The summed E-state index contributed by atoms with van der Waals surface area (Å²) in [5.74, 6) is -4.27. The summed E-state index contributed by atoms with van der Waals surface area (Å²) >= 11 is 0. The summed E-state index contributed by atoms with van der Waals surface area (Å²) in [6.07, 6.45) is -2.76. The third-order valence-electron chi connectivity index (χ3n) is 12.6. The Morgan fingerprint density at radius 2 is 1.49 bits per heavy atom. The Morgan fingerprint density at radius 3 is 2.12 bits per heavy atom. The Bertz CT molecular complexity index is 1480. The molecule has 1 N–H and O–H groups in total. The summed E-state index contributed by atoms with van der Waals surface area (Å²) in [6.45, 7) is 14.7. The largest absolute Gasteiger partial charge is 0.457 e. The highest BCUT2D eigenvalue weighted by Gasteiger charge is 2.57. The van der Waals surface area contributed by atoms with Crippen LogP contribution in [0.3, 0.4) is 0 Å². The summed E-state index contributed by atoms with van der Waals surface area (Å²) in [7, 11) is 6.08. The van der Waals surface area contributed by atoms with Crippen LogP contribution in [0.4, 0.5) is 0 Å². The van der Waals surface area contributed by atoms with E-state index in [1.807, 2.05) is 52.0 Å². The van der Waals surface area contributed by atoms with Crippen LogP contribution < -0.4 is 0 Å². The van der Waals surface area contributed by atoms with Gasteiger partial charge in [0.25, 0.3) is 0 Å².